The summed E-state index contributed by atoms with van der Waals surface area (Å²) in [5, 5.41) is 3.26. The number of hydrogen-bond acceptors (Lipinski definition) is 4. The summed E-state index contributed by atoms with van der Waals surface area (Å²) in [6.07, 6.45) is 5.29. The molecule has 8 heteroatoms. The molecule has 0 aliphatic carbocycles. The molecule has 0 amide bonds. The number of aryl methyl sites for hydroxylation is 1. The van der Waals surface area contributed by atoms with Crippen molar-refractivity contribution in [3.8, 4) is 11.3 Å². The molecule has 1 N–H and O–H groups in total. The number of benzene rings is 1. The van der Waals surface area contributed by atoms with Gasteiger partial charge in [0.1, 0.15) is 6.67 Å². The third-order valence-electron chi connectivity index (χ3n) is 5.22. The number of nitrogens with zero attached hydrogens (tertiary/aromatic N) is 2. The number of anilines is 2. The number of thiazole rings is 1. The highest BCUT2D eigenvalue weighted by Crippen LogP contribution is 2.37. The van der Waals surface area contributed by atoms with Crippen LogP contribution in [-0.2, 0) is 19.3 Å². The van der Waals surface area contributed by atoms with Gasteiger partial charge in [-0.3, -0.25) is 4.98 Å². The van der Waals surface area contributed by atoms with E-state index in [-0.39, 0.29) is 5.69 Å². The maximum Gasteiger partial charge on any atom is 0.416 e. The molecule has 0 aliphatic rings. The number of unbranched alkanes of at least 4 members (excludes halogenated alkanes) is 5. The molecule has 2 aromatic heterocycles. The fraction of sp³-hybridized carbons (Fsp3) is 0.417. The molecule has 0 aliphatic heterocycles. The maximum absolute atomic E-state index is 13.7. The number of alkyl halides is 4. The predicted octanol–water partition coefficient (Wildman–Crippen LogP) is 8.34. The van der Waals surface area contributed by atoms with Crippen molar-refractivity contribution < 1.29 is 17.6 Å². The number of hydrogen-bond donors (Lipinski definition) is 1. The first-order valence-corrected chi connectivity index (χ1v) is 11.7. The zero-order chi connectivity index (χ0) is 23.0. The van der Waals surface area contributed by atoms with Crippen LogP contribution >= 0.6 is 11.3 Å². The summed E-state index contributed by atoms with van der Waals surface area (Å²) in [6.45, 7) is 1.42. The fourth-order valence-corrected chi connectivity index (χ4v) is 4.43. The molecule has 0 unspecified atom stereocenters. The number of halogens is 4. The second kappa shape index (κ2) is 11.4. The standard InChI is InChI=1S/C24H27F4N3S/c1-2-3-4-5-6-7-9-17-11-12-19(14-20(17)24(26,27)28)30-23-31-22(21(15-25)32-23)18-10-8-13-29-16-18/h8,10-14,16H,2-7,9,15H2,1H3,(H,30,31). The number of nitrogens with one attached hydrogen (secondary N) is 1. The van der Waals surface area contributed by atoms with Crippen molar-refractivity contribution in [3.05, 3.63) is 58.7 Å². The molecule has 32 heavy (non-hydrogen) atoms. The Morgan fingerprint density at radius 1 is 1.03 bits per heavy atom. The minimum Gasteiger partial charge on any atom is -0.332 e. The molecular weight excluding hydrogens is 438 g/mol. The lowest BCUT2D eigenvalue weighted by Gasteiger charge is -2.15. The van der Waals surface area contributed by atoms with Gasteiger partial charge < -0.3 is 5.32 Å². The Morgan fingerprint density at radius 3 is 2.50 bits per heavy atom. The van der Waals surface area contributed by atoms with Gasteiger partial charge in [0, 0.05) is 23.6 Å². The first-order chi connectivity index (χ1) is 15.4. The van der Waals surface area contributed by atoms with Crippen LogP contribution < -0.4 is 5.32 Å². The summed E-state index contributed by atoms with van der Waals surface area (Å²) in [5.74, 6) is 0. The molecule has 0 spiro atoms. The van der Waals surface area contributed by atoms with E-state index in [4.69, 9.17) is 0 Å². The van der Waals surface area contributed by atoms with Crippen LogP contribution in [-0.4, -0.2) is 9.97 Å². The van der Waals surface area contributed by atoms with E-state index in [9.17, 15) is 17.6 Å². The van der Waals surface area contributed by atoms with E-state index in [1.54, 1.807) is 30.6 Å². The lowest BCUT2D eigenvalue weighted by molar-refractivity contribution is -0.138. The lowest BCUT2D eigenvalue weighted by atomic mass is 9.99. The summed E-state index contributed by atoms with van der Waals surface area (Å²) in [7, 11) is 0. The van der Waals surface area contributed by atoms with E-state index in [1.165, 1.54) is 6.07 Å². The van der Waals surface area contributed by atoms with E-state index in [0.717, 1.165) is 55.9 Å². The van der Waals surface area contributed by atoms with Gasteiger partial charge in [0.05, 0.1) is 16.1 Å². The molecule has 3 nitrogen and oxygen atoms in total. The Kier molecular flexibility index (Phi) is 8.61. The summed E-state index contributed by atoms with van der Waals surface area (Å²) in [4.78, 5) is 8.81. The number of rotatable bonds is 11. The second-order valence-corrected chi connectivity index (χ2v) is 8.76. The van der Waals surface area contributed by atoms with E-state index in [0.29, 0.717) is 33.3 Å². The Balaban J connectivity index is 1.75. The second-order valence-electron chi connectivity index (χ2n) is 7.68. The van der Waals surface area contributed by atoms with E-state index < -0.39 is 18.4 Å². The van der Waals surface area contributed by atoms with Gasteiger partial charge in [-0.25, -0.2) is 9.37 Å². The summed E-state index contributed by atoms with van der Waals surface area (Å²) >= 11 is 1.08. The van der Waals surface area contributed by atoms with Crippen molar-refractivity contribution in [3.63, 3.8) is 0 Å². The minimum absolute atomic E-state index is 0.279. The van der Waals surface area contributed by atoms with Crippen LogP contribution in [0.5, 0.6) is 0 Å². The normalized spacial score (nSPS) is 11.7. The van der Waals surface area contributed by atoms with Gasteiger partial charge in [-0.05, 0) is 42.7 Å². The molecule has 0 atom stereocenters. The Morgan fingerprint density at radius 2 is 1.81 bits per heavy atom. The van der Waals surface area contributed by atoms with Crippen LogP contribution in [0, 0.1) is 0 Å². The van der Waals surface area contributed by atoms with Crippen molar-refractivity contribution in [2.75, 3.05) is 5.32 Å². The van der Waals surface area contributed by atoms with Gasteiger partial charge in [-0.15, -0.1) is 0 Å². The zero-order valence-corrected chi connectivity index (χ0v) is 18.8. The Labute approximate surface area is 189 Å². The molecule has 3 aromatic rings. The molecule has 3 rings (SSSR count). The van der Waals surface area contributed by atoms with E-state index in [2.05, 4.69) is 22.2 Å². The van der Waals surface area contributed by atoms with Gasteiger partial charge in [-0.2, -0.15) is 13.2 Å². The van der Waals surface area contributed by atoms with Crippen molar-refractivity contribution in [1.29, 1.82) is 0 Å². The smallest absolute Gasteiger partial charge is 0.332 e. The average Bonchev–Trinajstić information content (AvgIpc) is 3.19. The van der Waals surface area contributed by atoms with Gasteiger partial charge in [0.2, 0.25) is 0 Å². The molecule has 0 saturated carbocycles. The van der Waals surface area contributed by atoms with Gasteiger partial charge in [-0.1, -0.05) is 56.4 Å². The highest BCUT2D eigenvalue weighted by atomic mass is 32.1. The third-order valence-corrected chi connectivity index (χ3v) is 6.16. The van der Waals surface area contributed by atoms with Crippen LogP contribution in [0.25, 0.3) is 11.3 Å². The van der Waals surface area contributed by atoms with Gasteiger partial charge >= 0.3 is 6.18 Å². The minimum atomic E-state index is -4.44. The van der Waals surface area contributed by atoms with Crippen molar-refractivity contribution in [1.82, 2.24) is 9.97 Å². The summed E-state index contributed by atoms with van der Waals surface area (Å²) in [5.41, 5.74) is 1.06. The maximum atomic E-state index is 13.7. The first-order valence-electron chi connectivity index (χ1n) is 10.9. The molecular formula is C24H27F4N3S. The van der Waals surface area contributed by atoms with Crippen LogP contribution in [0.4, 0.5) is 28.4 Å². The molecule has 0 saturated heterocycles. The van der Waals surface area contributed by atoms with Gasteiger partial charge in [0.15, 0.2) is 5.13 Å². The summed E-state index contributed by atoms with van der Waals surface area (Å²) in [6, 6.07) is 7.77. The Bertz CT molecular complexity index is 987. The van der Waals surface area contributed by atoms with Crippen molar-refractivity contribution in [2.45, 2.75) is 64.7 Å². The quantitative estimate of drug-likeness (QED) is 0.228. The largest absolute Gasteiger partial charge is 0.416 e. The van der Waals surface area contributed by atoms with Crippen LogP contribution in [0.15, 0.2) is 42.7 Å². The molecule has 0 fully saturated rings. The fourth-order valence-electron chi connectivity index (χ4n) is 3.58. The van der Waals surface area contributed by atoms with Crippen LogP contribution in [0.3, 0.4) is 0 Å². The molecule has 0 radical (unpaired) electrons. The zero-order valence-electron chi connectivity index (χ0n) is 18.0. The van der Waals surface area contributed by atoms with Crippen LogP contribution in [0.1, 0.15) is 61.5 Å². The molecule has 0 bridgehead atoms. The topological polar surface area (TPSA) is 37.8 Å². The molecule has 2 heterocycles. The van der Waals surface area contributed by atoms with Crippen molar-refractivity contribution >= 4 is 22.2 Å². The monoisotopic (exact) mass is 465 g/mol. The molecule has 172 valence electrons. The third kappa shape index (κ3) is 6.51. The SMILES string of the molecule is CCCCCCCCc1ccc(Nc2nc(-c3cccnc3)c(CF)s2)cc1C(F)(F)F. The first kappa shape index (κ1) is 24.2. The number of pyridine rings is 1. The highest BCUT2D eigenvalue weighted by molar-refractivity contribution is 7.16. The van der Waals surface area contributed by atoms with E-state index >= 15 is 0 Å². The summed E-state index contributed by atoms with van der Waals surface area (Å²) < 4.78 is 54.6. The van der Waals surface area contributed by atoms with Gasteiger partial charge in [0.25, 0.3) is 0 Å². The molecule has 1 aromatic carbocycles. The average molecular weight is 466 g/mol. The lowest BCUT2D eigenvalue weighted by Crippen LogP contribution is -2.10. The number of aromatic nitrogens is 2. The Hall–Kier alpha value is -2.48. The highest BCUT2D eigenvalue weighted by Gasteiger charge is 2.33. The van der Waals surface area contributed by atoms with E-state index in [1.807, 2.05) is 0 Å². The van der Waals surface area contributed by atoms with Crippen LogP contribution in [0.2, 0.25) is 0 Å². The predicted molar refractivity (Wildman–Crippen MR) is 122 cm³/mol. The van der Waals surface area contributed by atoms with Crippen molar-refractivity contribution in [2.24, 2.45) is 0 Å².